The summed E-state index contributed by atoms with van der Waals surface area (Å²) in [6.07, 6.45) is 3.00. The van der Waals surface area contributed by atoms with Crippen LogP contribution in [-0.4, -0.2) is 13.3 Å². The lowest BCUT2D eigenvalue weighted by Crippen LogP contribution is -1.99. The van der Waals surface area contributed by atoms with E-state index in [4.69, 9.17) is 26.8 Å². The summed E-state index contributed by atoms with van der Waals surface area (Å²) in [5.74, 6) is 1.60. The fourth-order valence-corrected chi connectivity index (χ4v) is 1.92. The first-order valence-electron chi connectivity index (χ1n) is 5.09. The summed E-state index contributed by atoms with van der Waals surface area (Å²) in [5, 5.41) is 0.696. The average molecular weight is 228 g/mol. The van der Waals surface area contributed by atoms with Crippen LogP contribution in [0.25, 0.3) is 0 Å². The van der Waals surface area contributed by atoms with E-state index in [1.165, 1.54) is 0 Å². The largest absolute Gasteiger partial charge is 0.454 e. The maximum absolute atomic E-state index is 5.98. The Morgan fingerprint density at radius 1 is 1.27 bits per heavy atom. The van der Waals surface area contributed by atoms with Crippen LogP contribution in [0.2, 0.25) is 5.02 Å². The first kappa shape index (κ1) is 10.6. The Morgan fingerprint density at radius 2 is 2.13 bits per heavy atom. The molecule has 0 bridgehead atoms. The number of hydrogen-bond donors (Lipinski definition) is 1. The van der Waals surface area contributed by atoms with Gasteiger partial charge in [0.2, 0.25) is 6.79 Å². The molecule has 0 fully saturated rings. The van der Waals surface area contributed by atoms with Gasteiger partial charge in [-0.25, -0.2) is 0 Å². The van der Waals surface area contributed by atoms with Crippen molar-refractivity contribution in [3.05, 3.63) is 22.7 Å². The number of benzene rings is 1. The predicted octanol–water partition coefficient (Wildman–Crippen LogP) is 2.35. The fraction of sp³-hybridized carbons (Fsp3) is 0.455. The van der Waals surface area contributed by atoms with Crippen molar-refractivity contribution in [3.8, 4) is 11.5 Å². The molecule has 1 heterocycles. The number of unbranched alkanes of at least 4 members (excludes halogenated alkanes) is 1. The van der Waals surface area contributed by atoms with Crippen LogP contribution in [-0.2, 0) is 6.42 Å². The van der Waals surface area contributed by atoms with E-state index in [1.54, 1.807) is 6.07 Å². The van der Waals surface area contributed by atoms with Gasteiger partial charge < -0.3 is 15.2 Å². The number of halogens is 1. The molecule has 4 heteroatoms. The van der Waals surface area contributed by atoms with Gasteiger partial charge >= 0.3 is 0 Å². The molecule has 0 aromatic heterocycles. The molecule has 1 aromatic rings. The number of rotatable bonds is 4. The second kappa shape index (κ2) is 4.73. The molecular formula is C11H14ClNO2. The molecule has 0 saturated heterocycles. The van der Waals surface area contributed by atoms with Crippen LogP contribution >= 0.6 is 11.6 Å². The first-order chi connectivity index (χ1) is 7.31. The molecule has 0 saturated carbocycles. The topological polar surface area (TPSA) is 44.5 Å². The van der Waals surface area contributed by atoms with Gasteiger partial charge in [-0.05, 0) is 37.4 Å². The van der Waals surface area contributed by atoms with E-state index in [1.807, 2.05) is 6.07 Å². The van der Waals surface area contributed by atoms with Crippen molar-refractivity contribution in [1.29, 1.82) is 0 Å². The van der Waals surface area contributed by atoms with Crippen molar-refractivity contribution >= 4 is 11.6 Å². The van der Waals surface area contributed by atoms with E-state index in [0.29, 0.717) is 11.8 Å². The standard InChI is InChI=1S/C11H14ClNO2/c12-9-5-8(3-1-2-4-13)11-10(6-9)14-7-15-11/h5-6H,1-4,7,13H2. The van der Waals surface area contributed by atoms with Crippen LogP contribution < -0.4 is 15.2 Å². The maximum atomic E-state index is 5.98. The SMILES string of the molecule is NCCCCc1cc(Cl)cc2c1OCO2. The van der Waals surface area contributed by atoms with Gasteiger partial charge in [-0.1, -0.05) is 11.6 Å². The van der Waals surface area contributed by atoms with Crippen molar-refractivity contribution in [1.82, 2.24) is 0 Å². The summed E-state index contributed by atoms with van der Waals surface area (Å²) in [4.78, 5) is 0. The monoisotopic (exact) mass is 227 g/mol. The second-order valence-corrected chi connectivity index (χ2v) is 3.98. The highest BCUT2D eigenvalue weighted by atomic mass is 35.5. The van der Waals surface area contributed by atoms with E-state index in [2.05, 4.69) is 0 Å². The smallest absolute Gasteiger partial charge is 0.231 e. The predicted molar refractivity (Wildman–Crippen MR) is 59.6 cm³/mol. The molecule has 0 aliphatic carbocycles. The molecule has 82 valence electrons. The van der Waals surface area contributed by atoms with Gasteiger partial charge in [-0.2, -0.15) is 0 Å². The molecule has 2 rings (SSSR count). The zero-order valence-corrected chi connectivity index (χ0v) is 9.22. The Hall–Kier alpha value is -0.930. The Balaban J connectivity index is 2.15. The van der Waals surface area contributed by atoms with Crippen LogP contribution in [0.3, 0.4) is 0 Å². The summed E-state index contributed by atoms with van der Waals surface area (Å²) in [7, 11) is 0. The maximum Gasteiger partial charge on any atom is 0.231 e. The number of hydrogen-bond acceptors (Lipinski definition) is 3. The normalized spacial score (nSPS) is 13.2. The van der Waals surface area contributed by atoms with Crippen LogP contribution in [0.1, 0.15) is 18.4 Å². The quantitative estimate of drug-likeness (QED) is 0.804. The third kappa shape index (κ3) is 2.36. The number of ether oxygens (including phenoxy) is 2. The van der Waals surface area contributed by atoms with Crippen LogP contribution in [0.5, 0.6) is 11.5 Å². The van der Waals surface area contributed by atoms with Gasteiger partial charge in [-0.15, -0.1) is 0 Å². The molecule has 1 aromatic carbocycles. The Morgan fingerprint density at radius 3 is 2.93 bits per heavy atom. The van der Waals surface area contributed by atoms with Gasteiger partial charge in [0.25, 0.3) is 0 Å². The molecule has 0 amide bonds. The highest BCUT2D eigenvalue weighted by Crippen LogP contribution is 2.38. The molecule has 0 radical (unpaired) electrons. The number of fused-ring (bicyclic) bond motifs is 1. The molecular weight excluding hydrogens is 214 g/mol. The van der Waals surface area contributed by atoms with Gasteiger partial charge in [-0.3, -0.25) is 0 Å². The molecule has 0 spiro atoms. The zero-order valence-electron chi connectivity index (χ0n) is 8.46. The van der Waals surface area contributed by atoms with Gasteiger partial charge in [0.1, 0.15) is 0 Å². The lowest BCUT2D eigenvalue weighted by atomic mass is 10.1. The third-order valence-corrected chi connectivity index (χ3v) is 2.63. The summed E-state index contributed by atoms with van der Waals surface area (Å²) >= 11 is 5.98. The van der Waals surface area contributed by atoms with Crippen molar-refractivity contribution in [2.75, 3.05) is 13.3 Å². The third-order valence-electron chi connectivity index (χ3n) is 2.41. The average Bonchev–Trinajstić information content (AvgIpc) is 2.65. The van der Waals surface area contributed by atoms with E-state index >= 15 is 0 Å². The van der Waals surface area contributed by atoms with Crippen LogP contribution in [0.15, 0.2) is 12.1 Å². The van der Waals surface area contributed by atoms with Crippen molar-refractivity contribution in [3.63, 3.8) is 0 Å². The Bertz CT molecular complexity index is 355. The van der Waals surface area contributed by atoms with Crippen molar-refractivity contribution in [2.45, 2.75) is 19.3 Å². The minimum absolute atomic E-state index is 0.291. The fourth-order valence-electron chi connectivity index (χ4n) is 1.69. The summed E-state index contributed by atoms with van der Waals surface area (Å²) < 4.78 is 10.7. The molecule has 3 nitrogen and oxygen atoms in total. The number of aryl methyl sites for hydroxylation is 1. The van der Waals surface area contributed by atoms with Gasteiger partial charge in [0.05, 0.1) is 0 Å². The number of nitrogens with two attached hydrogens (primary N) is 1. The highest BCUT2D eigenvalue weighted by Gasteiger charge is 2.18. The van der Waals surface area contributed by atoms with Gasteiger partial charge in [0.15, 0.2) is 11.5 Å². The highest BCUT2D eigenvalue weighted by molar-refractivity contribution is 6.30. The molecule has 15 heavy (non-hydrogen) atoms. The summed E-state index contributed by atoms with van der Waals surface area (Å²) in [5.41, 5.74) is 6.57. The minimum atomic E-state index is 0.291. The zero-order chi connectivity index (χ0) is 10.7. The summed E-state index contributed by atoms with van der Waals surface area (Å²) in [6.45, 7) is 1.01. The lowest BCUT2D eigenvalue weighted by molar-refractivity contribution is 0.173. The second-order valence-electron chi connectivity index (χ2n) is 3.54. The molecule has 1 aliphatic rings. The van der Waals surface area contributed by atoms with Gasteiger partial charge in [0, 0.05) is 11.1 Å². The molecule has 0 unspecified atom stereocenters. The lowest BCUT2D eigenvalue weighted by Gasteiger charge is -2.06. The van der Waals surface area contributed by atoms with E-state index in [-0.39, 0.29) is 0 Å². The first-order valence-corrected chi connectivity index (χ1v) is 5.47. The van der Waals surface area contributed by atoms with Crippen molar-refractivity contribution < 1.29 is 9.47 Å². The van der Waals surface area contributed by atoms with Crippen LogP contribution in [0, 0.1) is 0 Å². The van der Waals surface area contributed by atoms with Crippen LogP contribution in [0.4, 0.5) is 0 Å². The van der Waals surface area contributed by atoms with E-state index in [0.717, 1.165) is 42.9 Å². The van der Waals surface area contributed by atoms with Crippen molar-refractivity contribution in [2.24, 2.45) is 5.73 Å². The van der Waals surface area contributed by atoms with E-state index in [9.17, 15) is 0 Å². The minimum Gasteiger partial charge on any atom is -0.454 e. The Kier molecular flexibility index (Phi) is 3.34. The van der Waals surface area contributed by atoms with E-state index < -0.39 is 0 Å². The Labute approximate surface area is 94.1 Å². The summed E-state index contributed by atoms with van der Waals surface area (Å²) in [6, 6.07) is 3.72. The molecule has 2 N–H and O–H groups in total. The molecule has 0 atom stereocenters. The molecule has 1 aliphatic heterocycles.